The molecule has 3 heteroatoms. The van der Waals surface area contributed by atoms with Crippen LogP contribution >= 0.6 is 0 Å². The summed E-state index contributed by atoms with van der Waals surface area (Å²) in [6.45, 7) is 4.32. The summed E-state index contributed by atoms with van der Waals surface area (Å²) in [6, 6.07) is -0.179. The molecule has 0 heterocycles. The number of rotatable bonds is 7. The molecule has 3 unspecified atom stereocenters. The van der Waals surface area contributed by atoms with Gasteiger partial charge in [0.05, 0.1) is 6.42 Å². The van der Waals surface area contributed by atoms with Gasteiger partial charge in [0.2, 0.25) is 0 Å². The lowest BCUT2D eigenvalue weighted by Crippen LogP contribution is -2.36. The summed E-state index contributed by atoms with van der Waals surface area (Å²) in [7, 11) is 0. The monoisotopic (exact) mass is 213 g/mol. The fourth-order valence-electron chi connectivity index (χ4n) is 2.53. The van der Waals surface area contributed by atoms with Crippen molar-refractivity contribution in [1.82, 2.24) is 0 Å². The highest BCUT2D eigenvalue weighted by Gasteiger charge is 2.30. The summed E-state index contributed by atoms with van der Waals surface area (Å²) in [5.41, 5.74) is 5.95. The van der Waals surface area contributed by atoms with Gasteiger partial charge in [-0.05, 0) is 24.2 Å². The lowest BCUT2D eigenvalue weighted by atomic mass is 9.81. The summed E-state index contributed by atoms with van der Waals surface area (Å²) in [6.07, 6.45) is 5.03. The molecular weight excluding hydrogens is 190 g/mol. The minimum Gasteiger partial charge on any atom is -0.481 e. The number of hydrogen-bond acceptors (Lipinski definition) is 2. The predicted molar refractivity (Wildman–Crippen MR) is 60.5 cm³/mol. The second kappa shape index (κ2) is 5.50. The molecule has 0 aliphatic heterocycles. The second-order valence-electron chi connectivity index (χ2n) is 4.99. The molecule has 3 nitrogen and oxygen atoms in total. The average Bonchev–Trinajstić information content (AvgIpc) is 2.87. The van der Waals surface area contributed by atoms with E-state index in [2.05, 4.69) is 13.8 Å². The van der Waals surface area contributed by atoms with Gasteiger partial charge in [0.1, 0.15) is 0 Å². The van der Waals surface area contributed by atoms with Gasteiger partial charge in [-0.3, -0.25) is 4.79 Å². The highest BCUT2D eigenvalue weighted by Crippen LogP contribution is 2.38. The Morgan fingerprint density at radius 1 is 1.53 bits per heavy atom. The zero-order valence-electron chi connectivity index (χ0n) is 9.78. The van der Waals surface area contributed by atoms with Crippen molar-refractivity contribution in [3.8, 4) is 0 Å². The zero-order chi connectivity index (χ0) is 11.4. The third-order valence-electron chi connectivity index (χ3n) is 3.56. The van der Waals surface area contributed by atoms with Gasteiger partial charge >= 0.3 is 5.97 Å². The number of carboxylic acids is 1. The van der Waals surface area contributed by atoms with Crippen molar-refractivity contribution >= 4 is 5.97 Å². The molecule has 1 rings (SSSR count). The SMILES string of the molecule is CCC(C(C)CC1CC1)C(N)CC(=O)O. The Balaban J connectivity index is 2.40. The second-order valence-corrected chi connectivity index (χ2v) is 4.99. The van der Waals surface area contributed by atoms with Gasteiger partial charge < -0.3 is 10.8 Å². The van der Waals surface area contributed by atoms with Crippen LogP contribution in [0.2, 0.25) is 0 Å². The normalized spacial score (nSPS) is 22.1. The topological polar surface area (TPSA) is 63.3 Å². The van der Waals surface area contributed by atoms with Crippen LogP contribution in [0, 0.1) is 17.8 Å². The standard InChI is InChI=1S/C12H23NO2/c1-3-10(11(13)7-12(14)15)8(2)6-9-4-5-9/h8-11H,3-7,13H2,1-2H3,(H,14,15). The van der Waals surface area contributed by atoms with Crippen LogP contribution in [-0.4, -0.2) is 17.1 Å². The Kier molecular flexibility index (Phi) is 4.58. The lowest BCUT2D eigenvalue weighted by Gasteiger charge is -2.27. The Bertz CT molecular complexity index is 214. The maximum atomic E-state index is 10.6. The van der Waals surface area contributed by atoms with Gasteiger partial charge in [-0.1, -0.05) is 33.1 Å². The smallest absolute Gasteiger partial charge is 0.304 e. The Morgan fingerprint density at radius 3 is 2.53 bits per heavy atom. The summed E-state index contributed by atoms with van der Waals surface area (Å²) >= 11 is 0. The molecule has 1 saturated carbocycles. The molecule has 0 saturated heterocycles. The van der Waals surface area contributed by atoms with E-state index in [4.69, 9.17) is 10.8 Å². The van der Waals surface area contributed by atoms with E-state index in [1.807, 2.05) is 0 Å². The first-order valence-corrected chi connectivity index (χ1v) is 6.02. The van der Waals surface area contributed by atoms with Crippen molar-refractivity contribution < 1.29 is 9.90 Å². The third kappa shape index (κ3) is 4.20. The van der Waals surface area contributed by atoms with Gasteiger partial charge in [-0.25, -0.2) is 0 Å². The van der Waals surface area contributed by atoms with E-state index in [0.717, 1.165) is 12.3 Å². The van der Waals surface area contributed by atoms with Crippen LogP contribution < -0.4 is 5.73 Å². The molecule has 0 amide bonds. The van der Waals surface area contributed by atoms with Crippen molar-refractivity contribution in [3.63, 3.8) is 0 Å². The van der Waals surface area contributed by atoms with Gasteiger partial charge in [-0.15, -0.1) is 0 Å². The summed E-state index contributed by atoms with van der Waals surface area (Å²) in [4.78, 5) is 10.6. The first-order chi connectivity index (χ1) is 7.04. The molecule has 3 atom stereocenters. The summed E-state index contributed by atoms with van der Waals surface area (Å²) < 4.78 is 0. The number of nitrogens with two attached hydrogens (primary N) is 1. The number of carboxylic acid groups (broad SMARTS) is 1. The molecule has 0 spiro atoms. The van der Waals surface area contributed by atoms with Crippen LogP contribution in [0.1, 0.15) is 46.0 Å². The molecule has 1 fully saturated rings. The minimum atomic E-state index is -0.778. The predicted octanol–water partition coefficient (Wildman–Crippen LogP) is 2.25. The van der Waals surface area contributed by atoms with E-state index in [9.17, 15) is 4.79 Å². The van der Waals surface area contributed by atoms with E-state index in [0.29, 0.717) is 11.8 Å². The van der Waals surface area contributed by atoms with Gasteiger partial charge in [0, 0.05) is 6.04 Å². The van der Waals surface area contributed by atoms with Crippen molar-refractivity contribution in [2.75, 3.05) is 0 Å². The van der Waals surface area contributed by atoms with Crippen molar-refractivity contribution in [1.29, 1.82) is 0 Å². The Morgan fingerprint density at radius 2 is 2.13 bits per heavy atom. The van der Waals surface area contributed by atoms with Gasteiger partial charge in [-0.2, -0.15) is 0 Å². The van der Waals surface area contributed by atoms with Crippen molar-refractivity contribution in [2.24, 2.45) is 23.5 Å². The molecule has 88 valence electrons. The fourth-order valence-corrected chi connectivity index (χ4v) is 2.53. The van der Waals surface area contributed by atoms with E-state index in [1.54, 1.807) is 0 Å². The minimum absolute atomic E-state index is 0.105. The van der Waals surface area contributed by atoms with E-state index in [1.165, 1.54) is 19.3 Å². The molecule has 0 aromatic rings. The quantitative estimate of drug-likeness (QED) is 0.681. The summed E-state index contributed by atoms with van der Waals surface area (Å²) in [5.74, 6) is 1.05. The van der Waals surface area contributed by atoms with Crippen molar-refractivity contribution in [2.45, 2.75) is 52.0 Å². The molecule has 1 aliphatic rings. The average molecular weight is 213 g/mol. The van der Waals surface area contributed by atoms with Crippen molar-refractivity contribution in [3.05, 3.63) is 0 Å². The molecule has 3 N–H and O–H groups in total. The first-order valence-electron chi connectivity index (χ1n) is 6.02. The van der Waals surface area contributed by atoms with Crippen LogP contribution in [0.15, 0.2) is 0 Å². The maximum absolute atomic E-state index is 10.6. The third-order valence-corrected chi connectivity index (χ3v) is 3.56. The molecule has 0 aromatic carbocycles. The molecule has 0 bridgehead atoms. The lowest BCUT2D eigenvalue weighted by molar-refractivity contribution is -0.137. The van der Waals surface area contributed by atoms with E-state index in [-0.39, 0.29) is 12.5 Å². The molecular formula is C12H23NO2. The van der Waals surface area contributed by atoms with Crippen LogP contribution in [0.5, 0.6) is 0 Å². The van der Waals surface area contributed by atoms with Crippen LogP contribution in [0.25, 0.3) is 0 Å². The zero-order valence-corrected chi connectivity index (χ0v) is 9.78. The Labute approximate surface area is 92.0 Å². The van der Waals surface area contributed by atoms with Gasteiger partial charge in [0.25, 0.3) is 0 Å². The number of carbonyl (C=O) groups is 1. The Hall–Kier alpha value is -0.570. The number of hydrogen-bond donors (Lipinski definition) is 2. The molecule has 0 radical (unpaired) electrons. The molecule has 1 aliphatic carbocycles. The number of aliphatic carboxylic acids is 1. The van der Waals surface area contributed by atoms with E-state index < -0.39 is 5.97 Å². The maximum Gasteiger partial charge on any atom is 0.304 e. The first kappa shape index (κ1) is 12.5. The highest BCUT2D eigenvalue weighted by atomic mass is 16.4. The molecule has 15 heavy (non-hydrogen) atoms. The highest BCUT2D eigenvalue weighted by molar-refractivity contribution is 5.67. The largest absolute Gasteiger partial charge is 0.481 e. The van der Waals surface area contributed by atoms with E-state index >= 15 is 0 Å². The van der Waals surface area contributed by atoms with Gasteiger partial charge in [0.15, 0.2) is 0 Å². The van der Waals surface area contributed by atoms with Crippen LogP contribution in [0.3, 0.4) is 0 Å². The summed E-state index contributed by atoms with van der Waals surface area (Å²) in [5, 5.41) is 8.72. The fraction of sp³-hybridized carbons (Fsp3) is 0.917. The van der Waals surface area contributed by atoms with Crippen LogP contribution in [-0.2, 0) is 4.79 Å². The van der Waals surface area contributed by atoms with Crippen LogP contribution in [0.4, 0.5) is 0 Å². The molecule has 0 aromatic heterocycles.